The maximum absolute atomic E-state index is 2.40. The van der Waals surface area contributed by atoms with Crippen molar-refractivity contribution in [1.82, 2.24) is 0 Å². The molecule has 2 rings (SSSR count). The molecule has 19 heavy (non-hydrogen) atoms. The van der Waals surface area contributed by atoms with E-state index in [4.69, 9.17) is 0 Å². The van der Waals surface area contributed by atoms with Gasteiger partial charge in [-0.1, -0.05) is 61.2 Å². The van der Waals surface area contributed by atoms with Gasteiger partial charge in [-0.2, -0.15) is 0 Å². The Morgan fingerprint density at radius 1 is 0.737 bits per heavy atom. The minimum Gasteiger partial charge on any atom is -0.0656 e. The summed E-state index contributed by atoms with van der Waals surface area (Å²) < 4.78 is 0. The smallest absolute Gasteiger partial charge is 0.0656 e. The summed E-state index contributed by atoms with van der Waals surface area (Å²) in [4.78, 5) is 0. The molecule has 0 atom stereocenters. The van der Waals surface area contributed by atoms with Crippen molar-refractivity contribution in [3.05, 3.63) is 53.1 Å². The normalized spacial score (nSPS) is 11.7. The van der Waals surface area contributed by atoms with E-state index < -0.39 is 8.07 Å². The van der Waals surface area contributed by atoms with Crippen LogP contribution in [0, 0.1) is 20.8 Å². The molecule has 2 aromatic carbocycles. The van der Waals surface area contributed by atoms with E-state index in [-0.39, 0.29) is 0 Å². The summed E-state index contributed by atoms with van der Waals surface area (Å²) in [5.41, 5.74) is 6.91. The van der Waals surface area contributed by atoms with Crippen LogP contribution >= 0.6 is 0 Å². The first-order valence-electron chi connectivity index (χ1n) is 6.98. The van der Waals surface area contributed by atoms with Crippen molar-refractivity contribution in [1.29, 1.82) is 0 Å². The molecular formula is C18H24Si. The van der Waals surface area contributed by atoms with Gasteiger partial charge in [-0.15, -0.1) is 0 Å². The highest BCUT2D eigenvalue weighted by Crippen LogP contribution is 2.28. The fourth-order valence-electron chi connectivity index (χ4n) is 2.48. The molecule has 0 saturated carbocycles. The van der Waals surface area contributed by atoms with Crippen LogP contribution in [0.1, 0.15) is 16.7 Å². The first kappa shape index (κ1) is 14.1. The highest BCUT2D eigenvalue weighted by atomic mass is 28.3. The Bertz CT molecular complexity index is 604. The monoisotopic (exact) mass is 268 g/mol. The molecule has 0 heterocycles. The third-order valence-corrected chi connectivity index (χ3v) is 6.03. The molecule has 0 aliphatic carbocycles. The zero-order valence-corrected chi connectivity index (χ0v) is 14.0. The standard InChI is InChI=1S/C18H24Si/c1-13-8-7-9-18(15(13)3)17-11-10-16(12-14(17)2)19(4,5)6/h7-12H,1-6H3. The van der Waals surface area contributed by atoms with E-state index in [0.29, 0.717) is 0 Å². The van der Waals surface area contributed by atoms with Gasteiger partial charge in [0.15, 0.2) is 0 Å². The van der Waals surface area contributed by atoms with E-state index in [1.807, 2.05) is 0 Å². The van der Waals surface area contributed by atoms with Crippen molar-refractivity contribution >= 4 is 13.3 Å². The van der Waals surface area contributed by atoms with Crippen molar-refractivity contribution in [2.24, 2.45) is 0 Å². The Morgan fingerprint density at radius 2 is 1.42 bits per heavy atom. The van der Waals surface area contributed by atoms with Gasteiger partial charge in [-0.05, 0) is 48.6 Å². The second kappa shape index (κ2) is 4.97. The van der Waals surface area contributed by atoms with Gasteiger partial charge in [-0.25, -0.2) is 0 Å². The van der Waals surface area contributed by atoms with Crippen molar-refractivity contribution in [3.8, 4) is 11.1 Å². The van der Waals surface area contributed by atoms with E-state index in [9.17, 15) is 0 Å². The lowest BCUT2D eigenvalue weighted by Gasteiger charge is -2.19. The summed E-state index contributed by atoms with van der Waals surface area (Å²) >= 11 is 0. The molecule has 0 nitrogen and oxygen atoms in total. The molecule has 0 aromatic heterocycles. The maximum atomic E-state index is 2.40. The topological polar surface area (TPSA) is 0 Å². The van der Waals surface area contributed by atoms with Crippen LogP contribution in [-0.4, -0.2) is 8.07 Å². The van der Waals surface area contributed by atoms with E-state index in [1.54, 1.807) is 5.19 Å². The zero-order valence-electron chi connectivity index (χ0n) is 13.0. The molecule has 0 saturated heterocycles. The summed E-state index contributed by atoms with van der Waals surface area (Å²) in [6, 6.07) is 13.6. The van der Waals surface area contributed by atoms with Crippen LogP contribution in [0.3, 0.4) is 0 Å². The van der Waals surface area contributed by atoms with Crippen LogP contribution in [0.25, 0.3) is 11.1 Å². The molecule has 0 unspecified atom stereocenters. The lowest BCUT2D eigenvalue weighted by atomic mass is 9.94. The number of hydrogen-bond donors (Lipinski definition) is 0. The summed E-state index contributed by atoms with van der Waals surface area (Å²) in [5, 5.41) is 1.54. The molecule has 0 spiro atoms. The second-order valence-electron chi connectivity index (χ2n) is 6.53. The number of rotatable bonds is 2. The van der Waals surface area contributed by atoms with Crippen molar-refractivity contribution in [3.63, 3.8) is 0 Å². The van der Waals surface area contributed by atoms with Crippen LogP contribution in [0.4, 0.5) is 0 Å². The predicted molar refractivity (Wildman–Crippen MR) is 89.1 cm³/mol. The van der Waals surface area contributed by atoms with Gasteiger partial charge >= 0.3 is 0 Å². The van der Waals surface area contributed by atoms with Crippen LogP contribution in [0.15, 0.2) is 36.4 Å². The first-order chi connectivity index (χ1) is 8.80. The largest absolute Gasteiger partial charge is 0.0776 e. The quantitative estimate of drug-likeness (QED) is 0.685. The van der Waals surface area contributed by atoms with Gasteiger partial charge < -0.3 is 0 Å². The number of benzene rings is 2. The first-order valence-corrected chi connectivity index (χ1v) is 10.5. The Labute approximate surface area is 118 Å². The molecular weight excluding hydrogens is 244 g/mol. The van der Waals surface area contributed by atoms with E-state index in [0.717, 1.165) is 0 Å². The minimum absolute atomic E-state index is 1.21. The molecule has 0 aliphatic rings. The summed E-state index contributed by atoms with van der Waals surface area (Å²) in [6.45, 7) is 13.8. The van der Waals surface area contributed by atoms with Crippen LogP contribution in [0.5, 0.6) is 0 Å². The van der Waals surface area contributed by atoms with Crippen LogP contribution in [0.2, 0.25) is 19.6 Å². The Hall–Kier alpha value is -1.34. The van der Waals surface area contributed by atoms with Gasteiger partial charge in [0.1, 0.15) is 0 Å². The SMILES string of the molecule is Cc1cc([Si](C)(C)C)ccc1-c1cccc(C)c1C. The third-order valence-electron chi connectivity index (χ3n) is 3.99. The molecule has 0 N–H and O–H groups in total. The molecule has 0 radical (unpaired) electrons. The second-order valence-corrected chi connectivity index (χ2v) is 11.6. The maximum Gasteiger partial charge on any atom is 0.0776 e. The highest BCUT2D eigenvalue weighted by Gasteiger charge is 2.17. The Kier molecular flexibility index (Phi) is 3.68. The zero-order chi connectivity index (χ0) is 14.2. The predicted octanol–water partition coefficient (Wildman–Crippen LogP) is 4.82. The van der Waals surface area contributed by atoms with E-state index >= 15 is 0 Å². The fourth-order valence-corrected chi connectivity index (χ4v) is 3.71. The number of hydrogen-bond acceptors (Lipinski definition) is 0. The van der Waals surface area contributed by atoms with Gasteiger partial charge in [-0.3, -0.25) is 0 Å². The molecule has 2 aromatic rings. The fraction of sp³-hybridized carbons (Fsp3) is 0.333. The minimum atomic E-state index is -1.21. The van der Waals surface area contributed by atoms with Gasteiger partial charge in [0, 0.05) is 0 Å². The van der Waals surface area contributed by atoms with Gasteiger partial charge in [0.2, 0.25) is 0 Å². The highest BCUT2D eigenvalue weighted by molar-refractivity contribution is 6.88. The third kappa shape index (κ3) is 2.81. The van der Waals surface area contributed by atoms with Crippen LogP contribution in [-0.2, 0) is 0 Å². The molecule has 0 aliphatic heterocycles. The lowest BCUT2D eigenvalue weighted by Crippen LogP contribution is -2.37. The van der Waals surface area contributed by atoms with Crippen molar-refractivity contribution in [2.45, 2.75) is 40.4 Å². The molecule has 1 heteroatoms. The van der Waals surface area contributed by atoms with Crippen molar-refractivity contribution < 1.29 is 0 Å². The Morgan fingerprint density at radius 3 is 2.00 bits per heavy atom. The molecule has 0 bridgehead atoms. The lowest BCUT2D eigenvalue weighted by molar-refractivity contribution is 1.33. The van der Waals surface area contributed by atoms with Gasteiger partial charge in [0.25, 0.3) is 0 Å². The van der Waals surface area contributed by atoms with Crippen LogP contribution < -0.4 is 5.19 Å². The average Bonchev–Trinajstić information content (AvgIpc) is 2.32. The summed E-state index contributed by atoms with van der Waals surface area (Å²) in [7, 11) is -1.21. The number of aryl methyl sites for hydroxylation is 2. The molecule has 100 valence electrons. The summed E-state index contributed by atoms with van der Waals surface area (Å²) in [6.07, 6.45) is 0. The Balaban J connectivity index is 2.56. The van der Waals surface area contributed by atoms with Crippen molar-refractivity contribution in [2.75, 3.05) is 0 Å². The van der Waals surface area contributed by atoms with E-state index in [2.05, 4.69) is 76.8 Å². The van der Waals surface area contributed by atoms with E-state index in [1.165, 1.54) is 27.8 Å². The van der Waals surface area contributed by atoms with Gasteiger partial charge in [0.05, 0.1) is 8.07 Å². The molecule has 0 fully saturated rings. The molecule has 0 amide bonds. The average molecular weight is 268 g/mol. The summed E-state index contributed by atoms with van der Waals surface area (Å²) in [5.74, 6) is 0.